The van der Waals surface area contributed by atoms with Crippen LogP contribution in [0.5, 0.6) is 0 Å². The summed E-state index contributed by atoms with van der Waals surface area (Å²) in [6.07, 6.45) is 1.27. The molecule has 2 heterocycles. The molecule has 1 saturated heterocycles. The van der Waals surface area contributed by atoms with Gasteiger partial charge in [0.15, 0.2) is 9.84 Å². The zero-order valence-corrected chi connectivity index (χ0v) is 13.9. The number of sulfone groups is 1. The first-order valence-electron chi connectivity index (χ1n) is 6.92. The molecule has 1 amide bonds. The van der Waals surface area contributed by atoms with Crippen molar-refractivity contribution in [3.05, 3.63) is 5.89 Å². The average molecular weight is 349 g/mol. The van der Waals surface area contributed by atoms with E-state index in [1.807, 2.05) is 0 Å². The number of thioether (sulfide) groups is 1. The standard InChI is InChI=1S/C12H19N3O5S2/c1-19-5-2-4-13-10(16)7-21-12-15-14-11(20-12)9-3-6-22(17,18)8-9/h9H,2-8H2,1H3,(H,13,16)/t9-/m1/s1. The third kappa shape index (κ3) is 5.25. The highest BCUT2D eigenvalue weighted by Crippen LogP contribution is 2.29. The van der Waals surface area contributed by atoms with Crippen molar-refractivity contribution in [2.45, 2.75) is 24.0 Å². The maximum Gasteiger partial charge on any atom is 0.277 e. The largest absolute Gasteiger partial charge is 0.416 e. The van der Waals surface area contributed by atoms with Crippen LogP contribution < -0.4 is 5.32 Å². The van der Waals surface area contributed by atoms with Crippen LogP contribution in [0.2, 0.25) is 0 Å². The van der Waals surface area contributed by atoms with E-state index in [0.29, 0.717) is 25.5 Å². The number of rotatable bonds is 8. The van der Waals surface area contributed by atoms with Crippen LogP contribution >= 0.6 is 11.8 Å². The average Bonchev–Trinajstić information content (AvgIpc) is 3.07. The van der Waals surface area contributed by atoms with Crippen LogP contribution in [0.3, 0.4) is 0 Å². The van der Waals surface area contributed by atoms with E-state index in [1.165, 1.54) is 0 Å². The summed E-state index contributed by atoms with van der Waals surface area (Å²) in [6, 6.07) is 0. The minimum absolute atomic E-state index is 0.0548. The van der Waals surface area contributed by atoms with E-state index in [1.54, 1.807) is 7.11 Å². The highest BCUT2D eigenvalue weighted by molar-refractivity contribution is 7.99. The molecule has 1 aliphatic heterocycles. The fraction of sp³-hybridized carbons (Fsp3) is 0.750. The van der Waals surface area contributed by atoms with Gasteiger partial charge in [-0.25, -0.2) is 8.42 Å². The molecule has 1 aliphatic rings. The number of hydrogen-bond donors (Lipinski definition) is 1. The van der Waals surface area contributed by atoms with Gasteiger partial charge in [-0.2, -0.15) is 0 Å². The molecule has 1 atom stereocenters. The van der Waals surface area contributed by atoms with Gasteiger partial charge in [0, 0.05) is 20.3 Å². The lowest BCUT2D eigenvalue weighted by atomic mass is 10.1. The van der Waals surface area contributed by atoms with Crippen LogP contribution in [-0.4, -0.2) is 62.0 Å². The fourth-order valence-corrected chi connectivity index (χ4v) is 4.39. The molecule has 22 heavy (non-hydrogen) atoms. The lowest BCUT2D eigenvalue weighted by Gasteiger charge is -2.03. The predicted molar refractivity (Wildman–Crippen MR) is 80.5 cm³/mol. The van der Waals surface area contributed by atoms with Crippen LogP contribution in [0.1, 0.15) is 24.7 Å². The van der Waals surface area contributed by atoms with E-state index < -0.39 is 9.84 Å². The number of ether oxygens (including phenoxy) is 1. The molecule has 1 aromatic rings. The summed E-state index contributed by atoms with van der Waals surface area (Å²) in [4.78, 5) is 11.6. The Labute approximate surface area is 133 Å². The van der Waals surface area contributed by atoms with Crippen molar-refractivity contribution in [2.24, 2.45) is 0 Å². The van der Waals surface area contributed by atoms with E-state index in [2.05, 4.69) is 15.5 Å². The van der Waals surface area contributed by atoms with Crippen molar-refractivity contribution >= 4 is 27.5 Å². The summed E-state index contributed by atoms with van der Waals surface area (Å²) >= 11 is 1.14. The molecular formula is C12H19N3O5S2. The second-order valence-electron chi connectivity index (χ2n) is 4.99. The van der Waals surface area contributed by atoms with E-state index in [9.17, 15) is 13.2 Å². The molecule has 0 unspecified atom stereocenters. The van der Waals surface area contributed by atoms with Gasteiger partial charge >= 0.3 is 0 Å². The Hall–Kier alpha value is -1.13. The summed E-state index contributed by atoms with van der Waals surface area (Å²) < 4.78 is 33.2. The first-order chi connectivity index (χ1) is 10.5. The third-order valence-corrected chi connectivity index (χ3v) is 5.76. The number of hydrogen-bond acceptors (Lipinski definition) is 8. The van der Waals surface area contributed by atoms with Crippen molar-refractivity contribution in [1.82, 2.24) is 15.5 Å². The highest BCUT2D eigenvalue weighted by atomic mass is 32.2. The first-order valence-corrected chi connectivity index (χ1v) is 9.73. The first kappa shape index (κ1) is 17.2. The second kappa shape index (κ2) is 7.93. The summed E-state index contributed by atoms with van der Waals surface area (Å²) in [5, 5.41) is 10.8. The molecule has 0 aliphatic carbocycles. The molecule has 124 valence electrons. The van der Waals surface area contributed by atoms with Gasteiger partial charge in [0.25, 0.3) is 5.22 Å². The van der Waals surface area contributed by atoms with Crippen molar-refractivity contribution < 1.29 is 22.4 Å². The topological polar surface area (TPSA) is 111 Å². The summed E-state index contributed by atoms with van der Waals surface area (Å²) in [7, 11) is -1.37. The van der Waals surface area contributed by atoms with Crippen LogP contribution in [0.15, 0.2) is 9.64 Å². The molecule has 2 rings (SSSR count). The van der Waals surface area contributed by atoms with E-state index in [4.69, 9.17) is 9.15 Å². The number of nitrogens with one attached hydrogen (secondary N) is 1. The van der Waals surface area contributed by atoms with E-state index >= 15 is 0 Å². The van der Waals surface area contributed by atoms with Gasteiger partial charge in [-0.3, -0.25) is 4.79 Å². The van der Waals surface area contributed by atoms with E-state index in [0.717, 1.165) is 18.2 Å². The smallest absolute Gasteiger partial charge is 0.277 e. The third-order valence-electron chi connectivity index (χ3n) is 3.18. The van der Waals surface area contributed by atoms with Crippen LogP contribution in [0, 0.1) is 0 Å². The van der Waals surface area contributed by atoms with Gasteiger partial charge in [0.05, 0.1) is 23.2 Å². The maximum absolute atomic E-state index is 11.6. The molecule has 0 radical (unpaired) electrons. The Kier molecular flexibility index (Phi) is 6.21. The number of methoxy groups -OCH3 is 1. The minimum Gasteiger partial charge on any atom is -0.416 e. The van der Waals surface area contributed by atoms with Crippen molar-refractivity contribution in [3.63, 3.8) is 0 Å². The minimum atomic E-state index is -2.98. The fourth-order valence-electron chi connectivity index (χ4n) is 2.06. The second-order valence-corrected chi connectivity index (χ2v) is 8.15. The summed E-state index contributed by atoms with van der Waals surface area (Å²) in [5.41, 5.74) is 0. The maximum atomic E-state index is 11.6. The van der Waals surface area contributed by atoms with Gasteiger partial charge in [0.1, 0.15) is 0 Å². The normalized spacial score (nSPS) is 20.1. The van der Waals surface area contributed by atoms with Gasteiger partial charge in [-0.15, -0.1) is 10.2 Å². The summed E-state index contributed by atoms with van der Waals surface area (Å²) in [5.74, 6) is 0.381. The SMILES string of the molecule is COCCCNC(=O)CSc1nnc([C@@H]2CCS(=O)(=O)C2)o1. The molecule has 10 heteroatoms. The zero-order chi connectivity index (χ0) is 16.0. The number of nitrogens with zero attached hydrogens (tertiary/aromatic N) is 2. The van der Waals surface area contributed by atoms with Crippen LogP contribution in [0.25, 0.3) is 0 Å². The highest BCUT2D eigenvalue weighted by Gasteiger charge is 2.32. The number of carbonyl (C=O) groups excluding carboxylic acids is 1. The number of amides is 1. The molecule has 0 spiro atoms. The van der Waals surface area contributed by atoms with Crippen molar-refractivity contribution in [2.75, 3.05) is 37.5 Å². The Bertz CT molecular complexity index is 602. The Balaban J connectivity index is 1.74. The van der Waals surface area contributed by atoms with Gasteiger partial charge in [-0.05, 0) is 12.8 Å². The van der Waals surface area contributed by atoms with E-state index in [-0.39, 0.29) is 34.3 Å². The molecule has 0 bridgehead atoms. The Morgan fingerprint density at radius 1 is 1.50 bits per heavy atom. The predicted octanol–water partition coefficient (Wildman–Crippen LogP) is 0.216. The zero-order valence-electron chi connectivity index (χ0n) is 12.3. The lowest BCUT2D eigenvalue weighted by Crippen LogP contribution is -2.26. The molecule has 0 saturated carbocycles. The van der Waals surface area contributed by atoms with Crippen LogP contribution in [0.4, 0.5) is 0 Å². The van der Waals surface area contributed by atoms with Crippen LogP contribution in [-0.2, 0) is 19.4 Å². The van der Waals surface area contributed by atoms with Crippen molar-refractivity contribution in [1.29, 1.82) is 0 Å². The Morgan fingerprint density at radius 2 is 2.32 bits per heavy atom. The quantitative estimate of drug-likeness (QED) is 0.524. The molecule has 8 nitrogen and oxygen atoms in total. The molecule has 0 aromatic carbocycles. The Morgan fingerprint density at radius 3 is 3.00 bits per heavy atom. The summed E-state index contributed by atoms with van der Waals surface area (Å²) in [6.45, 7) is 1.16. The molecule has 1 N–H and O–H groups in total. The number of carbonyl (C=O) groups is 1. The lowest BCUT2D eigenvalue weighted by molar-refractivity contribution is -0.118. The van der Waals surface area contributed by atoms with Gasteiger partial charge < -0.3 is 14.5 Å². The molecule has 1 aromatic heterocycles. The number of aromatic nitrogens is 2. The molecule has 1 fully saturated rings. The van der Waals surface area contributed by atoms with Crippen molar-refractivity contribution in [3.8, 4) is 0 Å². The molecular weight excluding hydrogens is 330 g/mol. The monoisotopic (exact) mass is 349 g/mol. The van der Waals surface area contributed by atoms with Gasteiger partial charge in [0.2, 0.25) is 11.8 Å². The van der Waals surface area contributed by atoms with Gasteiger partial charge in [-0.1, -0.05) is 11.8 Å².